The summed E-state index contributed by atoms with van der Waals surface area (Å²) >= 11 is 10.7. The van der Waals surface area contributed by atoms with Crippen LogP contribution in [-0.2, 0) is 26.2 Å². The van der Waals surface area contributed by atoms with Gasteiger partial charge in [0, 0.05) is 0 Å². The summed E-state index contributed by atoms with van der Waals surface area (Å²) in [6.07, 6.45) is 0. The number of hydrogen-bond donors (Lipinski definition) is 0. The van der Waals surface area contributed by atoms with Gasteiger partial charge >= 0.3 is 250 Å². The predicted octanol–water partition coefficient (Wildman–Crippen LogP) is 7.96. The molecule has 0 aromatic heterocycles. The fourth-order valence-corrected chi connectivity index (χ4v) is 20.1. The van der Waals surface area contributed by atoms with Crippen LogP contribution in [0.5, 0.6) is 0 Å². The number of hydrogen-bond acceptors (Lipinski definition) is 4. The van der Waals surface area contributed by atoms with Crippen molar-refractivity contribution < 1.29 is 0 Å². The van der Waals surface area contributed by atoms with Crippen molar-refractivity contribution in [2.24, 2.45) is 0 Å². The van der Waals surface area contributed by atoms with Gasteiger partial charge in [-0.15, -0.1) is 0 Å². The minimum absolute atomic E-state index is 0.814. The molecule has 0 amide bonds. The molecular weight excluding hydrogens is 724 g/mol. The molecule has 0 saturated carbocycles. The Labute approximate surface area is 248 Å². The summed E-state index contributed by atoms with van der Waals surface area (Å²) in [4.78, 5) is 4.65. The first-order chi connectivity index (χ1) is 18.2. The molecule has 4 rings (SSSR count). The van der Waals surface area contributed by atoms with Gasteiger partial charge in [-0.3, -0.25) is 0 Å². The Hall–Kier alpha value is -1.72. The van der Waals surface area contributed by atoms with Crippen molar-refractivity contribution in [2.75, 3.05) is 0 Å². The molecule has 0 spiro atoms. The summed E-state index contributed by atoms with van der Waals surface area (Å²) < 4.78 is 1.95. The van der Waals surface area contributed by atoms with Gasteiger partial charge in [0.2, 0.25) is 0 Å². The van der Waals surface area contributed by atoms with Gasteiger partial charge in [0.25, 0.3) is 0 Å². The summed E-state index contributed by atoms with van der Waals surface area (Å²) in [6, 6.07) is 42.3. The summed E-state index contributed by atoms with van der Waals surface area (Å²) in [5.74, 6) is 0. The first kappa shape index (κ1) is 28.3. The van der Waals surface area contributed by atoms with Gasteiger partial charge in [-0.25, -0.2) is 0 Å². The zero-order valence-corrected chi connectivity index (χ0v) is 27.6. The maximum absolute atomic E-state index is 5.97. The zero-order valence-electron chi connectivity index (χ0n) is 20.4. The Morgan fingerprint density at radius 3 is 0.946 bits per heavy atom. The molecule has 4 aromatic carbocycles. The van der Waals surface area contributed by atoms with Crippen molar-refractivity contribution in [2.45, 2.75) is 26.2 Å². The minimum atomic E-state index is -1.23. The third-order valence-corrected chi connectivity index (χ3v) is 22.0. The maximum atomic E-state index is 5.97. The monoisotopic (exact) mass is 752 g/mol. The molecule has 4 aromatic rings. The molecule has 7 heteroatoms. The van der Waals surface area contributed by atoms with E-state index < -0.39 is 21.2 Å². The summed E-state index contributed by atoms with van der Waals surface area (Å²) in [6.45, 7) is 3.25. The quantitative estimate of drug-likeness (QED) is 0.119. The predicted molar refractivity (Wildman–Crippen MR) is 170 cm³/mol. The van der Waals surface area contributed by atoms with E-state index in [4.69, 9.17) is 24.4 Å². The van der Waals surface area contributed by atoms with Crippen molar-refractivity contribution in [3.63, 3.8) is 0 Å². The van der Waals surface area contributed by atoms with E-state index in [-0.39, 0.29) is 0 Å². The van der Waals surface area contributed by atoms with E-state index in [0.29, 0.717) is 0 Å². The van der Waals surface area contributed by atoms with Crippen LogP contribution in [0.1, 0.15) is 22.3 Å². The molecule has 37 heavy (non-hydrogen) atoms. The Morgan fingerprint density at radius 2 is 0.703 bits per heavy atom. The first-order valence-electron chi connectivity index (χ1n) is 12.0. The zero-order chi connectivity index (χ0) is 25.7. The molecule has 0 aliphatic heterocycles. The van der Waals surface area contributed by atoms with Crippen LogP contribution in [0.3, 0.4) is 0 Å². The van der Waals surface area contributed by atoms with E-state index >= 15 is 0 Å². The number of thiocarbonyl (C=S) groups is 2. The van der Waals surface area contributed by atoms with Crippen molar-refractivity contribution in [3.8, 4) is 0 Å². The van der Waals surface area contributed by atoms with Gasteiger partial charge in [0.05, 0.1) is 0 Å². The van der Waals surface area contributed by atoms with Crippen LogP contribution in [0, 0.1) is 0 Å². The van der Waals surface area contributed by atoms with Crippen molar-refractivity contribution >= 4 is 70.9 Å². The fraction of sp³-hybridized carbons (Fsp3) is 0.133. The van der Waals surface area contributed by atoms with Crippen LogP contribution in [0.25, 0.3) is 0 Å². The topological polar surface area (TPSA) is 6.48 Å². The number of nitrogens with zero attached hydrogens (tertiary/aromatic N) is 2. The molecule has 0 atom stereocenters. The van der Waals surface area contributed by atoms with Gasteiger partial charge in [-0.05, 0) is 0 Å². The molecule has 2 radical (unpaired) electrons. The standard InChI is InChI=1S/2C15H15NS2.Pb/c2*17-15(18)16(11-13-7-3-1-4-8-13)12-14-9-5-2-6-10-14;/h2*1-10H,11-12H2,(H,17,18);/q;;+2/p-2. The first-order valence-corrected chi connectivity index (χ1v) is 24.0. The normalized spacial score (nSPS) is 10.6. The molecule has 0 unspecified atom stereocenters. The van der Waals surface area contributed by atoms with E-state index in [1.807, 2.05) is 16.6 Å². The number of rotatable bonds is 10. The van der Waals surface area contributed by atoms with E-state index in [9.17, 15) is 0 Å². The molecule has 186 valence electrons. The van der Waals surface area contributed by atoms with Crippen LogP contribution in [-0.4, -0.2) is 39.7 Å². The summed E-state index contributed by atoms with van der Waals surface area (Å²) in [5, 5.41) is 0. The molecule has 0 N–H and O–H groups in total. The molecular formula is C30H28N2PbS4. The SMILES string of the molecule is S=C([S][Pb][S]C(=S)N(Cc1ccccc1)Cc1ccccc1)N(Cc1ccccc1)Cc1ccccc1. The van der Waals surface area contributed by atoms with Crippen LogP contribution in [0.4, 0.5) is 0 Å². The Balaban J connectivity index is 1.38. The Kier molecular flexibility index (Phi) is 12.0. The van der Waals surface area contributed by atoms with Crippen molar-refractivity contribution in [1.29, 1.82) is 0 Å². The fourth-order valence-electron chi connectivity index (χ4n) is 3.81. The number of benzene rings is 4. The van der Waals surface area contributed by atoms with Crippen LogP contribution >= 0.6 is 41.1 Å². The van der Waals surface area contributed by atoms with E-state index in [2.05, 4.69) is 131 Å². The Bertz CT molecular complexity index is 1060. The molecule has 0 aliphatic rings. The van der Waals surface area contributed by atoms with Gasteiger partial charge in [0.1, 0.15) is 0 Å². The third kappa shape index (κ3) is 9.83. The van der Waals surface area contributed by atoms with Crippen molar-refractivity contribution in [3.05, 3.63) is 144 Å². The second-order valence-electron chi connectivity index (χ2n) is 8.47. The molecule has 0 aliphatic carbocycles. The Morgan fingerprint density at radius 1 is 0.459 bits per heavy atom. The van der Waals surface area contributed by atoms with Gasteiger partial charge < -0.3 is 0 Å². The second kappa shape index (κ2) is 15.6. The summed E-state index contributed by atoms with van der Waals surface area (Å²) in [5.41, 5.74) is 5.09. The average Bonchev–Trinajstić information content (AvgIpc) is 2.94. The van der Waals surface area contributed by atoms with Crippen molar-refractivity contribution in [1.82, 2.24) is 9.80 Å². The van der Waals surface area contributed by atoms with E-state index in [0.717, 1.165) is 34.8 Å². The molecule has 2 nitrogen and oxygen atoms in total. The third-order valence-electron chi connectivity index (χ3n) is 5.64. The second-order valence-corrected chi connectivity index (χ2v) is 22.2. The molecule has 0 fully saturated rings. The average molecular weight is 752 g/mol. The molecule has 0 heterocycles. The van der Waals surface area contributed by atoms with Gasteiger partial charge in [-0.1, -0.05) is 0 Å². The van der Waals surface area contributed by atoms with E-state index in [1.165, 1.54) is 22.3 Å². The van der Waals surface area contributed by atoms with Gasteiger partial charge in [0.15, 0.2) is 0 Å². The van der Waals surface area contributed by atoms with Crippen LogP contribution in [0.15, 0.2) is 121 Å². The van der Waals surface area contributed by atoms with E-state index in [1.54, 1.807) is 0 Å². The molecule has 0 saturated heterocycles. The van der Waals surface area contributed by atoms with Gasteiger partial charge in [-0.2, -0.15) is 0 Å². The summed E-state index contributed by atoms with van der Waals surface area (Å²) in [7, 11) is 3.76. The van der Waals surface area contributed by atoms with Crippen LogP contribution < -0.4 is 0 Å². The van der Waals surface area contributed by atoms with Crippen LogP contribution in [0.2, 0.25) is 0 Å². The molecule has 0 bridgehead atoms.